The molecule has 7 heteroatoms. The zero-order valence-electron chi connectivity index (χ0n) is 15.2. The summed E-state index contributed by atoms with van der Waals surface area (Å²) in [4.78, 5) is 5.39. The summed E-state index contributed by atoms with van der Waals surface area (Å²) in [7, 11) is 0. The molecular formula is C19H26ClN3O2S. The minimum atomic E-state index is -0.971. The third-order valence-corrected chi connectivity index (χ3v) is 5.04. The van der Waals surface area contributed by atoms with E-state index >= 15 is 0 Å². The Kier molecular flexibility index (Phi) is 8.38. The van der Waals surface area contributed by atoms with Crippen molar-refractivity contribution in [3.05, 3.63) is 57.2 Å². The minimum absolute atomic E-state index is 0.286. The Balaban J connectivity index is 1.75. The number of nitrogens with zero attached hydrogens (tertiary/aromatic N) is 1. The number of ether oxygens (including phenoxy) is 1. The van der Waals surface area contributed by atoms with Crippen molar-refractivity contribution < 1.29 is 9.84 Å². The number of benzene rings is 1. The Bertz CT molecular complexity index is 673. The van der Waals surface area contributed by atoms with E-state index in [0.717, 1.165) is 22.0 Å². The maximum absolute atomic E-state index is 10.6. The first-order chi connectivity index (χ1) is 12.5. The van der Waals surface area contributed by atoms with Gasteiger partial charge in [0.05, 0.1) is 19.8 Å². The molecule has 0 aliphatic heterocycles. The van der Waals surface area contributed by atoms with E-state index in [0.29, 0.717) is 25.7 Å². The van der Waals surface area contributed by atoms with E-state index < -0.39 is 5.60 Å². The molecule has 2 rings (SSSR count). The summed E-state index contributed by atoms with van der Waals surface area (Å²) in [6, 6.07) is 11.5. The zero-order chi connectivity index (χ0) is 18.8. The zero-order valence-corrected chi connectivity index (χ0v) is 16.7. The molecule has 142 valence electrons. The Hall–Kier alpha value is -1.60. The van der Waals surface area contributed by atoms with Crippen LogP contribution in [0.2, 0.25) is 5.02 Å². The summed E-state index contributed by atoms with van der Waals surface area (Å²) in [6.07, 6.45) is 0. The lowest BCUT2D eigenvalue weighted by atomic mass is 10.1. The average Bonchev–Trinajstić information content (AvgIpc) is 3.16. The molecule has 26 heavy (non-hydrogen) atoms. The largest absolute Gasteiger partial charge is 0.383 e. The van der Waals surface area contributed by atoms with Crippen LogP contribution in [0, 0.1) is 0 Å². The first-order valence-electron chi connectivity index (χ1n) is 8.62. The maximum Gasteiger partial charge on any atom is 0.191 e. The van der Waals surface area contributed by atoms with Gasteiger partial charge in [-0.3, -0.25) is 0 Å². The predicted molar refractivity (Wildman–Crippen MR) is 109 cm³/mol. The van der Waals surface area contributed by atoms with Crippen molar-refractivity contribution >= 4 is 28.9 Å². The van der Waals surface area contributed by atoms with E-state index in [1.807, 2.05) is 48.7 Å². The summed E-state index contributed by atoms with van der Waals surface area (Å²) >= 11 is 7.40. The van der Waals surface area contributed by atoms with Crippen molar-refractivity contribution in [1.82, 2.24) is 10.6 Å². The lowest BCUT2D eigenvalue weighted by Crippen LogP contribution is -2.40. The molecule has 0 saturated heterocycles. The first-order valence-corrected chi connectivity index (χ1v) is 9.88. The van der Waals surface area contributed by atoms with Crippen LogP contribution in [-0.2, 0) is 16.9 Å². The minimum Gasteiger partial charge on any atom is -0.383 e. The standard InChI is InChI=1S/C19H26ClN3O2S/c1-3-21-18(23-14-19(2,24)17-5-4-12-26-17)22-10-11-25-13-15-6-8-16(20)9-7-15/h4-9,12,24H,3,10-11,13-14H2,1-2H3,(H2,21,22,23). The molecule has 1 heterocycles. The van der Waals surface area contributed by atoms with Gasteiger partial charge in [0.2, 0.25) is 0 Å². The van der Waals surface area contributed by atoms with Gasteiger partial charge >= 0.3 is 0 Å². The van der Waals surface area contributed by atoms with Gasteiger partial charge in [0, 0.05) is 23.0 Å². The number of guanidine groups is 1. The fourth-order valence-electron chi connectivity index (χ4n) is 2.25. The number of thiophene rings is 1. The van der Waals surface area contributed by atoms with Crippen LogP contribution in [0.3, 0.4) is 0 Å². The average molecular weight is 396 g/mol. The van der Waals surface area contributed by atoms with Crippen molar-refractivity contribution in [3.8, 4) is 0 Å². The highest BCUT2D eigenvalue weighted by Gasteiger charge is 2.23. The molecule has 1 aromatic carbocycles. The molecule has 2 aromatic rings. The monoisotopic (exact) mass is 395 g/mol. The van der Waals surface area contributed by atoms with Gasteiger partial charge in [0.15, 0.2) is 5.96 Å². The van der Waals surface area contributed by atoms with Crippen molar-refractivity contribution in [2.45, 2.75) is 26.1 Å². The van der Waals surface area contributed by atoms with Gasteiger partial charge in [-0.05, 0) is 43.0 Å². The smallest absolute Gasteiger partial charge is 0.191 e. The predicted octanol–water partition coefficient (Wildman–Crippen LogP) is 3.38. The summed E-state index contributed by atoms with van der Waals surface area (Å²) in [5.41, 5.74) is 0.115. The lowest BCUT2D eigenvalue weighted by Gasteiger charge is -2.20. The third kappa shape index (κ3) is 6.96. The van der Waals surface area contributed by atoms with E-state index in [1.165, 1.54) is 11.3 Å². The molecule has 5 nitrogen and oxygen atoms in total. The molecule has 0 amide bonds. The first kappa shape index (κ1) is 20.7. The van der Waals surface area contributed by atoms with Crippen molar-refractivity contribution in [2.75, 3.05) is 26.2 Å². The van der Waals surface area contributed by atoms with Gasteiger partial charge in [-0.25, -0.2) is 4.99 Å². The molecule has 0 aliphatic rings. The van der Waals surface area contributed by atoms with Crippen molar-refractivity contribution in [3.63, 3.8) is 0 Å². The van der Waals surface area contributed by atoms with Gasteiger partial charge in [-0.2, -0.15) is 0 Å². The number of halogens is 1. The van der Waals surface area contributed by atoms with E-state index in [1.54, 1.807) is 6.92 Å². The SMILES string of the molecule is CCNC(=NCC(C)(O)c1cccs1)NCCOCc1ccc(Cl)cc1. The van der Waals surface area contributed by atoms with Gasteiger partial charge in [-0.1, -0.05) is 29.8 Å². The number of hydrogen-bond donors (Lipinski definition) is 3. The third-order valence-electron chi connectivity index (χ3n) is 3.66. The highest BCUT2D eigenvalue weighted by Crippen LogP contribution is 2.25. The second-order valence-corrected chi connectivity index (χ2v) is 7.44. The van der Waals surface area contributed by atoms with Gasteiger partial charge < -0.3 is 20.5 Å². The van der Waals surface area contributed by atoms with Crippen molar-refractivity contribution in [2.24, 2.45) is 4.99 Å². The van der Waals surface area contributed by atoms with Crippen molar-refractivity contribution in [1.29, 1.82) is 0 Å². The molecule has 0 aliphatic carbocycles. The van der Waals surface area contributed by atoms with Crippen LogP contribution in [0.5, 0.6) is 0 Å². The van der Waals surface area contributed by atoms with E-state index in [2.05, 4.69) is 15.6 Å². The molecule has 0 radical (unpaired) electrons. The Labute approximate surface area is 164 Å². The Morgan fingerprint density at radius 1 is 1.27 bits per heavy atom. The van der Waals surface area contributed by atoms with Gasteiger partial charge in [0.25, 0.3) is 0 Å². The molecule has 1 unspecified atom stereocenters. The van der Waals surface area contributed by atoms with Crippen LogP contribution in [0.15, 0.2) is 46.8 Å². The van der Waals surface area contributed by atoms with E-state index in [-0.39, 0.29) is 6.54 Å². The number of rotatable bonds is 9. The number of nitrogens with one attached hydrogen (secondary N) is 2. The molecule has 0 saturated carbocycles. The highest BCUT2D eigenvalue weighted by atomic mass is 35.5. The van der Waals surface area contributed by atoms with Gasteiger partial charge in [-0.15, -0.1) is 11.3 Å². The van der Waals surface area contributed by atoms with Crippen LogP contribution in [0.25, 0.3) is 0 Å². The quantitative estimate of drug-likeness (QED) is 0.346. The number of aliphatic hydroxyl groups is 1. The fourth-order valence-corrected chi connectivity index (χ4v) is 3.16. The highest BCUT2D eigenvalue weighted by molar-refractivity contribution is 7.10. The summed E-state index contributed by atoms with van der Waals surface area (Å²) in [5, 5.41) is 19.6. The van der Waals surface area contributed by atoms with E-state index in [9.17, 15) is 5.11 Å². The molecule has 0 spiro atoms. The number of aliphatic imine (C=N–C) groups is 1. The summed E-state index contributed by atoms with van der Waals surface area (Å²) < 4.78 is 5.66. The fraction of sp³-hybridized carbons (Fsp3) is 0.421. The lowest BCUT2D eigenvalue weighted by molar-refractivity contribution is 0.0711. The van der Waals surface area contributed by atoms with Crippen LogP contribution >= 0.6 is 22.9 Å². The van der Waals surface area contributed by atoms with Crippen LogP contribution in [0.1, 0.15) is 24.3 Å². The Morgan fingerprint density at radius 2 is 2.04 bits per heavy atom. The summed E-state index contributed by atoms with van der Waals surface area (Å²) in [6.45, 7) is 6.54. The van der Waals surface area contributed by atoms with Crippen LogP contribution in [-0.4, -0.2) is 37.3 Å². The molecular weight excluding hydrogens is 370 g/mol. The van der Waals surface area contributed by atoms with Gasteiger partial charge in [0.1, 0.15) is 5.60 Å². The molecule has 0 fully saturated rings. The second kappa shape index (κ2) is 10.5. The topological polar surface area (TPSA) is 65.9 Å². The summed E-state index contributed by atoms with van der Waals surface area (Å²) in [5.74, 6) is 0.666. The molecule has 3 N–H and O–H groups in total. The molecule has 0 bridgehead atoms. The number of hydrogen-bond acceptors (Lipinski definition) is 4. The van der Waals surface area contributed by atoms with Crippen LogP contribution < -0.4 is 10.6 Å². The van der Waals surface area contributed by atoms with Crippen LogP contribution in [0.4, 0.5) is 0 Å². The maximum atomic E-state index is 10.6. The molecule has 1 atom stereocenters. The Morgan fingerprint density at radius 3 is 2.69 bits per heavy atom. The normalized spacial score (nSPS) is 14.1. The second-order valence-electron chi connectivity index (χ2n) is 6.05. The molecule has 1 aromatic heterocycles. The van der Waals surface area contributed by atoms with E-state index in [4.69, 9.17) is 16.3 Å².